The van der Waals surface area contributed by atoms with Gasteiger partial charge in [-0.2, -0.15) is 0 Å². The van der Waals surface area contributed by atoms with Gasteiger partial charge >= 0.3 is 11.9 Å². The van der Waals surface area contributed by atoms with Crippen molar-refractivity contribution >= 4 is 29.4 Å². The summed E-state index contributed by atoms with van der Waals surface area (Å²) in [5, 5.41) is 0. The molecule has 40 heavy (non-hydrogen) atoms. The van der Waals surface area contributed by atoms with E-state index in [-0.39, 0.29) is 34.7 Å². The van der Waals surface area contributed by atoms with Gasteiger partial charge in [0.2, 0.25) is 0 Å². The summed E-state index contributed by atoms with van der Waals surface area (Å²) in [5.74, 6) is -0.608. The Morgan fingerprint density at radius 2 is 1.82 bits per heavy atom. The van der Waals surface area contributed by atoms with E-state index in [1.807, 2.05) is 18.2 Å². The molecular weight excluding hydrogens is 528 g/mol. The van der Waals surface area contributed by atoms with Gasteiger partial charge in [-0.1, -0.05) is 75.1 Å². The molecule has 3 aromatic rings. The number of carbonyl (C=O) groups excluding carboxylic acids is 2. The van der Waals surface area contributed by atoms with Crippen molar-refractivity contribution in [2.45, 2.75) is 46.1 Å². The molecule has 0 bridgehead atoms. The van der Waals surface area contributed by atoms with Crippen molar-refractivity contribution in [2.24, 2.45) is 4.99 Å². The van der Waals surface area contributed by atoms with E-state index < -0.39 is 18.0 Å². The summed E-state index contributed by atoms with van der Waals surface area (Å²) in [6, 6.07) is 12.1. The molecule has 0 saturated carbocycles. The van der Waals surface area contributed by atoms with Crippen LogP contribution >= 0.6 is 11.3 Å². The molecule has 2 heterocycles. The minimum Gasteiger partial charge on any atom is -0.493 e. The van der Waals surface area contributed by atoms with Crippen LogP contribution < -0.4 is 24.4 Å². The molecule has 1 aliphatic heterocycles. The van der Waals surface area contributed by atoms with Gasteiger partial charge in [0.15, 0.2) is 16.3 Å². The highest BCUT2D eigenvalue weighted by molar-refractivity contribution is 7.07. The highest BCUT2D eigenvalue weighted by Crippen LogP contribution is 2.36. The Hall–Kier alpha value is -4.24. The minimum absolute atomic E-state index is 0.00598. The molecule has 2 aromatic carbocycles. The number of aromatic nitrogens is 1. The summed E-state index contributed by atoms with van der Waals surface area (Å²) in [4.78, 5) is 43.7. The predicted molar refractivity (Wildman–Crippen MR) is 154 cm³/mol. The van der Waals surface area contributed by atoms with E-state index >= 15 is 0 Å². The Morgan fingerprint density at radius 1 is 1.12 bits per heavy atom. The molecule has 0 fully saturated rings. The number of esters is 2. The highest BCUT2D eigenvalue weighted by atomic mass is 32.1. The van der Waals surface area contributed by atoms with Crippen LogP contribution in [-0.4, -0.2) is 30.2 Å². The Labute approximate surface area is 236 Å². The maximum absolute atomic E-state index is 13.9. The number of carbonyl (C=O) groups is 2. The Morgan fingerprint density at radius 3 is 2.42 bits per heavy atom. The fourth-order valence-corrected chi connectivity index (χ4v) is 5.48. The first-order chi connectivity index (χ1) is 18.9. The van der Waals surface area contributed by atoms with Gasteiger partial charge in [0.25, 0.3) is 5.56 Å². The van der Waals surface area contributed by atoms with E-state index in [1.54, 1.807) is 25.1 Å². The largest absolute Gasteiger partial charge is 0.493 e. The van der Waals surface area contributed by atoms with Crippen LogP contribution in [0.5, 0.6) is 11.5 Å². The van der Waals surface area contributed by atoms with Gasteiger partial charge in [-0.05, 0) is 47.2 Å². The van der Waals surface area contributed by atoms with Crippen molar-refractivity contribution in [3.05, 3.63) is 103 Å². The quantitative estimate of drug-likeness (QED) is 0.244. The zero-order valence-electron chi connectivity index (χ0n) is 23.4. The molecule has 0 radical (unpaired) electrons. The Bertz CT molecular complexity index is 1690. The average molecular weight is 561 g/mol. The lowest BCUT2D eigenvalue weighted by molar-refractivity contribution is -0.138. The van der Waals surface area contributed by atoms with Crippen molar-refractivity contribution in [1.82, 2.24) is 4.57 Å². The molecule has 208 valence electrons. The van der Waals surface area contributed by atoms with Crippen molar-refractivity contribution in [1.29, 1.82) is 0 Å². The molecule has 0 spiro atoms. The second-order valence-electron chi connectivity index (χ2n) is 10.3. The first kappa shape index (κ1) is 28.8. The van der Waals surface area contributed by atoms with E-state index in [0.717, 1.165) is 5.56 Å². The molecule has 1 aliphatic rings. The number of allylic oxidation sites excluding steroid dienone is 1. The molecular formula is C31H32N2O6S. The number of fused-ring (bicyclic) bond motifs is 1. The van der Waals surface area contributed by atoms with Crippen molar-refractivity contribution < 1.29 is 23.8 Å². The number of nitrogens with zero attached hydrogens (tertiary/aromatic N) is 2. The third-order valence-electron chi connectivity index (χ3n) is 6.41. The number of methoxy groups -OCH3 is 1. The molecule has 8 nitrogen and oxygen atoms in total. The van der Waals surface area contributed by atoms with E-state index in [2.05, 4.69) is 44.5 Å². The van der Waals surface area contributed by atoms with Gasteiger partial charge < -0.3 is 14.2 Å². The van der Waals surface area contributed by atoms with Gasteiger partial charge in [-0.25, -0.2) is 9.79 Å². The third kappa shape index (κ3) is 5.84. The van der Waals surface area contributed by atoms with Gasteiger partial charge in [0, 0.05) is 6.92 Å². The number of hydrogen-bond donors (Lipinski definition) is 0. The van der Waals surface area contributed by atoms with Crippen molar-refractivity contribution in [2.75, 3.05) is 13.7 Å². The smallest absolute Gasteiger partial charge is 0.338 e. The maximum atomic E-state index is 13.9. The fraction of sp³-hybridized carbons (Fsp3) is 0.290. The van der Waals surface area contributed by atoms with E-state index in [0.29, 0.717) is 20.6 Å². The van der Waals surface area contributed by atoms with E-state index in [1.165, 1.54) is 41.6 Å². The lowest BCUT2D eigenvalue weighted by Gasteiger charge is -2.25. The van der Waals surface area contributed by atoms with Crippen LogP contribution in [0.4, 0.5) is 0 Å². The summed E-state index contributed by atoms with van der Waals surface area (Å²) in [7, 11) is 1.45. The summed E-state index contributed by atoms with van der Waals surface area (Å²) >= 11 is 1.25. The first-order valence-corrected chi connectivity index (χ1v) is 13.5. The van der Waals surface area contributed by atoms with Gasteiger partial charge in [0.1, 0.15) is 6.61 Å². The standard InChI is InChI=1S/C31H32N2O6S/c1-8-15-38-29(36)26-18(2)32-30-33(27(26)21-11-14-23(39-19(3)34)24(17-21)37-7)28(35)25(40-30)16-20-9-12-22(13-10-20)31(4,5)6/h8-14,16-17,27H,1,15H2,2-7H3. The number of hydrogen-bond acceptors (Lipinski definition) is 8. The van der Waals surface area contributed by atoms with Crippen LogP contribution in [0.3, 0.4) is 0 Å². The average Bonchev–Trinajstić information content (AvgIpc) is 3.20. The number of rotatable bonds is 7. The summed E-state index contributed by atoms with van der Waals surface area (Å²) in [5.41, 5.74) is 3.01. The SMILES string of the molecule is C=CCOC(=O)C1=C(C)N=c2sc(=Cc3ccc(C(C)(C)C)cc3)c(=O)n2C1c1ccc(OC(C)=O)c(OC)c1. The number of thiazole rings is 1. The van der Waals surface area contributed by atoms with Crippen LogP contribution in [-0.2, 0) is 19.7 Å². The van der Waals surface area contributed by atoms with Crippen molar-refractivity contribution in [3.63, 3.8) is 0 Å². The van der Waals surface area contributed by atoms with Gasteiger partial charge in [-0.3, -0.25) is 14.2 Å². The van der Waals surface area contributed by atoms with E-state index in [4.69, 9.17) is 14.2 Å². The minimum atomic E-state index is -0.848. The second-order valence-corrected chi connectivity index (χ2v) is 11.4. The monoisotopic (exact) mass is 560 g/mol. The van der Waals surface area contributed by atoms with Gasteiger partial charge in [0.05, 0.1) is 29.0 Å². The lowest BCUT2D eigenvalue weighted by atomic mass is 9.87. The molecule has 0 aliphatic carbocycles. The Kier molecular flexibility index (Phi) is 8.25. The van der Waals surface area contributed by atoms with Crippen LogP contribution in [0.2, 0.25) is 0 Å². The normalized spacial score (nSPS) is 15.2. The van der Waals surface area contributed by atoms with Crippen LogP contribution in [0.1, 0.15) is 57.4 Å². The molecule has 0 saturated heterocycles. The van der Waals surface area contributed by atoms with Crippen LogP contribution in [0, 0.1) is 0 Å². The van der Waals surface area contributed by atoms with Crippen molar-refractivity contribution in [3.8, 4) is 11.5 Å². The number of benzene rings is 2. The molecule has 0 amide bonds. The molecule has 4 rings (SSSR count). The highest BCUT2D eigenvalue weighted by Gasteiger charge is 2.34. The van der Waals surface area contributed by atoms with Gasteiger partial charge in [-0.15, -0.1) is 0 Å². The van der Waals surface area contributed by atoms with Crippen LogP contribution in [0.25, 0.3) is 6.08 Å². The van der Waals surface area contributed by atoms with E-state index in [9.17, 15) is 14.4 Å². The fourth-order valence-electron chi connectivity index (χ4n) is 4.43. The molecule has 1 aromatic heterocycles. The Balaban J connectivity index is 1.90. The zero-order chi connectivity index (χ0) is 29.2. The summed E-state index contributed by atoms with van der Waals surface area (Å²) < 4.78 is 18.1. The lowest BCUT2D eigenvalue weighted by Crippen LogP contribution is -2.40. The first-order valence-electron chi connectivity index (χ1n) is 12.7. The molecule has 0 N–H and O–H groups in total. The predicted octanol–water partition coefficient (Wildman–Crippen LogP) is 4.20. The zero-order valence-corrected chi connectivity index (χ0v) is 24.3. The summed E-state index contributed by atoms with van der Waals surface area (Å²) in [6.45, 7) is 13.1. The molecule has 9 heteroatoms. The molecule has 1 atom stereocenters. The number of ether oxygens (including phenoxy) is 3. The molecule has 1 unspecified atom stereocenters. The summed E-state index contributed by atoms with van der Waals surface area (Å²) in [6.07, 6.45) is 3.30. The van der Waals surface area contributed by atoms with Crippen LogP contribution in [0.15, 0.2) is 76.2 Å². The second kappa shape index (κ2) is 11.5. The maximum Gasteiger partial charge on any atom is 0.338 e. The third-order valence-corrected chi connectivity index (χ3v) is 7.39. The topological polar surface area (TPSA) is 96.2 Å².